The topological polar surface area (TPSA) is 24.9 Å². The lowest BCUT2D eigenvalue weighted by atomic mass is 9.94. The van der Waals surface area contributed by atoms with Crippen LogP contribution in [0, 0.1) is 5.82 Å². The number of hydrogen-bond acceptors (Lipinski definition) is 2. The zero-order valence-corrected chi connectivity index (χ0v) is 11.0. The van der Waals surface area contributed by atoms with Crippen molar-refractivity contribution in [2.24, 2.45) is 0 Å². The van der Waals surface area contributed by atoms with Crippen LogP contribution in [0.4, 0.5) is 4.39 Å². The molecule has 1 atom stereocenters. The molecule has 3 heteroatoms. The maximum atomic E-state index is 13.7. The summed E-state index contributed by atoms with van der Waals surface area (Å²) in [4.78, 5) is 4.51. The fraction of sp³-hybridized carbons (Fsp3) is 0.312. The molecule has 3 rings (SSSR count). The number of aromatic nitrogens is 1. The van der Waals surface area contributed by atoms with E-state index < -0.39 is 0 Å². The molecule has 1 aromatic heterocycles. The number of fused-ring (bicyclic) bond motifs is 1. The quantitative estimate of drug-likeness (QED) is 0.913. The van der Waals surface area contributed by atoms with Gasteiger partial charge >= 0.3 is 0 Å². The highest BCUT2D eigenvalue weighted by atomic mass is 19.1. The van der Waals surface area contributed by atoms with E-state index in [9.17, 15) is 4.39 Å². The van der Waals surface area contributed by atoms with Gasteiger partial charge in [-0.2, -0.15) is 0 Å². The molecular formula is C16H17FN2. The normalized spacial score (nSPS) is 17.5. The third kappa shape index (κ3) is 2.26. The summed E-state index contributed by atoms with van der Waals surface area (Å²) in [5.74, 6) is 0.171. The summed E-state index contributed by atoms with van der Waals surface area (Å²) < 4.78 is 13.7. The molecule has 19 heavy (non-hydrogen) atoms. The maximum absolute atomic E-state index is 13.7. The Morgan fingerprint density at radius 1 is 1.37 bits per heavy atom. The van der Waals surface area contributed by atoms with Gasteiger partial charge in [0.1, 0.15) is 5.82 Å². The molecule has 0 saturated carbocycles. The van der Waals surface area contributed by atoms with Gasteiger partial charge < -0.3 is 5.32 Å². The molecule has 98 valence electrons. The molecule has 1 aliphatic carbocycles. The Labute approximate surface area is 112 Å². The van der Waals surface area contributed by atoms with Crippen molar-refractivity contribution < 1.29 is 4.39 Å². The van der Waals surface area contributed by atoms with Crippen LogP contribution in [0.1, 0.15) is 34.7 Å². The lowest BCUT2D eigenvalue weighted by molar-refractivity contribution is 0.598. The second kappa shape index (κ2) is 5.10. The van der Waals surface area contributed by atoms with E-state index >= 15 is 0 Å². The van der Waals surface area contributed by atoms with E-state index in [2.05, 4.69) is 16.4 Å². The molecule has 2 aromatic rings. The Balaban J connectivity index is 1.98. The minimum absolute atomic E-state index is 0.141. The van der Waals surface area contributed by atoms with Gasteiger partial charge in [0.2, 0.25) is 0 Å². The van der Waals surface area contributed by atoms with Crippen LogP contribution in [-0.2, 0) is 13.0 Å². The summed E-state index contributed by atoms with van der Waals surface area (Å²) in [6.07, 6.45) is 3.97. The van der Waals surface area contributed by atoms with Crippen LogP contribution in [-0.4, -0.2) is 12.0 Å². The van der Waals surface area contributed by atoms with Crippen LogP contribution in [0.5, 0.6) is 0 Å². The minimum Gasteiger partial charge on any atom is -0.316 e. The average Bonchev–Trinajstić information content (AvgIpc) is 2.85. The van der Waals surface area contributed by atoms with Crippen LogP contribution >= 0.6 is 0 Å². The molecule has 1 heterocycles. The predicted molar refractivity (Wildman–Crippen MR) is 73.6 cm³/mol. The van der Waals surface area contributed by atoms with Crippen LogP contribution in [0.15, 0.2) is 36.5 Å². The van der Waals surface area contributed by atoms with E-state index in [0.717, 1.165) is 24.1 Å². The van der Waals surface area contributed by atoms with E-state index in [4.69, 9.17) is 0 Å². The Morgan fingerprint density at radius 3 is 3.11 bits per heavy atom. The van der Waals surface area contributed by atoms with Crippen LogP contribution in [0.2, 0.25) is 0 Å². The zero-order chi connectivity index (χ0) is 13.2. The molecule has 0 radical (unpaired) electrons. The van der Waals surface area contributed by atoms with Crippen molar-refractivity contribution >= 4 is 0 Å². The van der Waals surface area contributed by atoms with E-state index in [1.165, 1.54) is 11.1 Å². The third-order valence-electron chi connectivity index (χ3n) is 3.80. The lowest BCUT2D eigenvalue weighted by Crippen LogP contribution is -2.08. The summed E-state index contributed by atoms with van der Waals surface area (Å²) in [7, 11) is 1.83. The van der Waals surface area contributed by atoms with Crippen LogP contribution in [0.25, 0.3) is 0 Å². The molecule has 1 aromatic carbocycles. The van der Waals surface area contributed by atoms with Crippen molar-refractivity contribution in [3.63, 3.8) is 0 Å². The van der Waals surface area contributed by atoms with Crippen molar-refractivity contribution in [2.75, 3.05) is 7.05 Å². The fourth-order valence-electron chi connectivity index (χ4n) is 2.87. The number of benzene rings is 1. The summed E-state index contributed by atoms with van der Waals surface area (Å²) >= 11 is 0. The zero-order valence-electron chi connectivity index (χ0n) is 11.0. The van der Waals surface area contributed by atoms with Gasteiger partial charge in [-0.3, -0.25) is 4.98 Å². The largest absolute Gasteiger partial charge is 0.316 e. The summed E-state index contributed by atoms with van der Waals surface area (Å²) in [5, 5.41) is 3.01. The van der Waals surface area contributed by atoms with Crippen molar-refractivity contribution in [2.45, 2.75) is 25.3 Å². The molecule has 0 fully saturated rings. The van der Waals surface area contributed by atoms with E-state index in [1.807, 2.05) is 31.4 Å². The molecule has 0 aliphatic heterocycles. The third-order valence-corrected chi connectivity index (χ3v) is 3.80. The summed E-state index contributed by atoms with van der Waals surface area (Å²) in [6.45, 7) is 0.557. The van der Waals surface area contributed by atoms with Crippen molar-refractivity contribution in [3.8, 4) is 0 Å². The summed E-state index contributed by atoms with van der Waals surface area (Å²) in [6, 6.07) is 9.56. The Morgan fingerprint density at radius 2 is 2.26 bits per heavy atom. The Hall–Kier alpha value is -1.74. The van der Waals surface area contributed by atoms with Gasteiger partial charge in [0, 0.05) is 24.2 Å². The number of nitrogens with zero attached hydrogens (tertiary/aromatic N) is 1. The van der Waals surface area contributed by atoms with E-state index in [-0.39, 0.29) is 5.82 Å². The summed E-state index contributed by atoms with van der Waals surface area (Å²) in [5.41, 5.74) is 4.38. The van der Waals surface area contributed by atoms with Gasteiger partial charge in [-0.25, -0.2) is 4.39 Å². The first kappa shape index (κ1) is 12.3. The van der Waals surface area contributed by atoms with Gasteiger partial charge in [0.15, 0.2) is 0 Å². The average molecular weight is 256 g/mol. The predicted octanol–water partition coefficient (Wildman–Crippen LogP) is 3.02. The standard InChI is InChI=1S/C16H17FN2/c1-18-10-13-9-12(5-7-15(13)17)14-6-4-11-3-2-8-19-16(11)14/h2-3,5,7-9,14,18H,4,6,10H2,1H3. The number of halogens is 1. The molecule has 1 aliphatic rings. The molecule has 0 bridgehead atoms. The number of nitrogens with one attached hydrogen (secondary N) is 1. The highest BCUT2D eigenvalue weighted by Gasteiger charge is 2.25. The van der Waals surface area contributed by atoms with Gasteiger partial charge in [0.05, 0.1) is 5.69 Å². The Kier molecular flexibility index (Phi) is 3.30. The van der Waals surface area contributed by atoms with E-state index in [1.54, 1.807) is 6.07 Å². The van der Waals surface area contributed by atoms with Gasteiger partial charge in [0.25, 0.3) is 0 Å². The fourth-order valence-corrected chi connectivity index (χ4v) is 2.87. The molecule has 1 unspecified atom stereocenters. The monoisotopic (exact) mass is 256 g/mol. The maximum Gasteiger partial charge on any atom is 0.127 e. The van der Waals surface area contributed by atoms with Gasteiger partial charge in [-0.1, -0.05) is 18.2 Å². The first-order valence-electron chi connectivity index (χ1n) is 6.66. The van der Waals surface area contributed by atoms with Crippen LogP contribution in [0.3, 0.4) is 0 Å². The number of aryl methyl sites for hydroxylation is 1. The second-order valence-corrected chi connectivity index (χ2v) is 5.02. The highest BCUT2D eigenvalue weighted by Crippen LogP contribution is 2.36. The minimum atomic E-state index is -0.141. The molecule has 0 saturated heterocycles. The smallest absolute Gasteiger partial charge is 0.127 e. The number of rotatable bonds is 3. The Bertz CT molecular complexity index is 595. The second-order valence-electron chi connectivity index (χ2n) is 5.02. The molecule has 2 nitrogen and oxygen atoms in total. The van der Waals surface area contributed by atoms with Crippen molar-refractivity contribution in [3.05, 3.63) is 64.7 Å². The van der Waals surface area contributed by atoms with Gasteiger partial charge in [-0.15, -0.1) is 0 Å². The highest BCUT2D eigenvalue weighted by molar-refractivity contribution is 5.39. The molecule has 1 N–H and O–H groups in total. The first-order valence-corrected chi connectivity index (χ1v) is 6.66. The SMILES string of the molecule is CNCc1cc(C2CCc3cccnc32)ccc1F. The van der Waals surface area contributed by atoms with Gasteiger partial charge in [-0.05, 0) is 43.1 Å². The molecular weight excluding hydrogens is 239 g/mol. The molecule has 0 amide bonds. The lowest BCUT2D eigenvalue weighted by Gasteiger charge is -2.13. The molecule has 0 spiro atoms. The first-order chi connectivity index (χ1) is 9.29. The number of hydrogen-bond donors (Lipinski definition) is 1. The van der Waals surface area contributed by atoms with E-state index in [0.29, 0.717) is 12.5 Å². The number of pyridine rings is 1. The van der Waals surface area contributed by atoms with Crippen molar-refractivity contribution in [1.82, 2.24) is 10.3 Å². The van der Waals surface area contributed by atoms with Crippen molar-refractivity contribution in [1.29, 1.82) is 0 Å². The van der Waals surface area contributed by atoms with Crippen LogP contribution < -0.4 is 5.32 Å².